The smallest absolute Gasteiger partial charge is 0.390 e. The molecular formula is C14H18F6N2O. The molecule has 0 heterocycles. The first-order chi connectivity index (χ1) is 10.4. The molecule has 1 unspecified atom stereocenters. The van der Waals surface area contributed by atoms with Gasteiger partial charge < -0.3 is 15.3 Å². The van der Waals surface area contributed by atoms with E-state index in [0.717, 1.165) is 0 Å². The molecule has 23 heavy (non-hydrogen) atoms. The van der Waals surface area contributed by atoms with Crippen LogP contribution in [0.3, 0.4) is 0 Å². The molecule has 2 N–H and O–H groups in total. The van der Waals surface area contributed by atoms with E-state index in [1.165, 1.54) is 0 Å². The SMILES string of the molecule is CN(C)CC(O)CNCc1cc(C(F)(F)F)cc(C(F)(F)F)c1. The Morgan fingerprint density at radius 1 is 1.00 bits per heavy atom. The van der Waals surface area contributed by atoms with Crippen LogP contribution in [0.25, 0.3) is 0 Å². The zero-order valence-electron chi connectivity index (χ0n) is 12.6. The van der Waals surface area contributed by atoms with Crippen LogP contribution in [0.15, 0.2) is 18.2 Å². The van der Waals surface area contributed by atoms with Gasteiger partial charge in [-0.05, 0) is 37.9 Å². The molecule has 132 valence electrons. The summed E-state index contributed by atoms with van der Waals surface area (Å²) < 4.78 is 76.2. The van der Waals surface area contributed by atoms with Gasteiger partial charge in [-0.2, -0.15) is 26.3 Å². The van der Waals surface area contributed by atoms with Gasteiger partial charge >= 0.3 is 12.4 Å². The number of nitrogens with one attached hydrogen (secondary N) is 1. The molecule has 9 heteroatoms. The number of hydrogen-bond donors (Lipinski definition) is 2. The summed E-state index contributed by atoms with van der Waals surface area (Å²) in [6.45, 7) is 0.163. The molecule has 0 aliphatic heterocycles. The first kappa shape index (κ1) is 19.7. The second-order valence-corrected chi connectivity index (χ2v) is 5.46. The second-order valence-electron chi connectivity index (χ2n) is 5.46. The lowest BCUT2D eigenvalue weighted by molar-refractivity contribution is -0.143. The van der Waals surface area contributed by atoms with E-state index in [2.05, 4.69) is 5.32 Å². The number of likely N-dealkylation sites (N-methyl/N-ethyl adjacent to an activating group) is 1. The third-order valence-electron chi connectivity index (χ3n) is 2.93. The number of benzene rings is 1. The Hall–Kier alpha value is -1.32. The van der Waals surface area contributed by atoms with Crippen molar-refractivity contribution in [2.24, 2.45) is 0 Å². The number of nitrogens with zero attached hydrogens (tertiary/aromatic N) is 1. The van der Waals surface area contributed by atoms with Crippen molar-refractivity contribution in [3.8, 4) is 0 Å². The number of hydrogen-bond acceptors (Lipinski definition) is 3. The lowest BCUT2D eigenvalue weighted by Gasteiger charge is -2.17. The molecule has 0 aromatic heterocycles. The third-order valence-corrected chi connectivity index (χ3v) is 2.93. The summed E-state index contributed by atoms with van der Waals surface area (Å²) in [5.74, 6) is 0. The average Bonchev–Trinajstić information content (AvgIpc) is 2.35. The molecule has 0 saturated carbocycles. The largest absolute Gasteiger partial charge is 0.416 e. The molecule has 1 rings (SSSR count). The molecule has 0 amide bonds. The second kappa shape index (κ2) is 7.50. The fourth-order valence-corrected chi connectivity index (χ4v) is 1.99. The van der Waals surface area contributed by atoms with E-state index in [0.29, 0.717) is 18.7 Å². The highest BCUT2D eigenvalue weighted by atomic mass is 19.4. The van der Waals surface area contributed by atoms with Crippen LogP contribution in [0.4, 0.5) is 26.3 Å². The monoisotopic (exact) mass is 344 g/mol. The highest BCUT2D eigenvalue weighted by Crippen LogP contribution is 2.36. The molecule has 3 nitrogen and oxygen atoms in total. The fourth-order valence-electron chi connectivity index (χ4n) is 1.99. The van der Waals surface area contributed by atoms with Crippen molar-refractivity contribution in [1.29, 1.82) is 0 Å². The summed E-state index contributed by atoms with van der Waals surface area (Å²) in [4.78, 5) is 1.71. The minimum absolute atomic E-state index is 0.0514. The quantitative estimate of drug-likeness (QED) is 0.779. The average molecular weight is 344 g/mol. The maximum Gasteiger partial charge on any atom is 0.416 e. The predicted molar refractivity (Wildman–Crippen MR) is 72.7 cm³/mol. The Morgan fingerprint density at radius 3 is 1.87 bits per heavy atom. The van der Waals surface area contributed by atoms with E-state index in [-0.39, 0.29) is 24.7 Å². The third kappa shape index (κ3) is 6.76. The Balaban J connectivity index is 2.85. The van der Waals surface area contributed by atoms with Crippen LogP contribution in [-0.4, -0.2) is 43.3 Å². The van der Waals surface area contributed by atoms with Crippen molar-refractivity contribution in [3.63, 3.8) is 0 Å². The summed E-state index contributed by atoms with van der Waals surface area (Å²) in [6.07, 6.45) is -10.5. The predicted octanol–water partition coefficient (Wildman–Crippen LogP) is 2.74. The zero-order chi connectivity index (χ0) is 17.8. The van der Waals surface area contributed by atoms with Crippen LogP contribution in [0.1, 0.15) is 16.7 Å². The molecule has 0 fully saturated rings. The van der Waals surface area contributed by atoms with Gasteiger partial charge in [0.25, 0.3) is 0 Å². The van der Waals surface area contributed by atoms with Crippen LogP contribution >= 0.6 is 0 Å². The normalized spacial score (nSPS) is 14.3. The van der Waals surface area contributed by atoms with Crippen LogP contribution < -0.4 is 5.32 Å². The molecule has 0 bridgehead atoms. The van der Waals surface area contributed by atoms with E-state index in [4.69, 9.17) is 0 Å². The molecule has 0 saturated heterocycles. The van der Waals surface area contributed by atoms with E-state index in [1.807, 2.05) is 0 Å². The molecule has 0 aliphatic carbocycles. The highest BCUT2D eigenvalue weighted by Gasteiger charge is 2.36. The van der Waals surface area contributed by atoms with Crippen LogP contribution in [0.2, 0.25) is 0 Å². The summed E-state index contributed by atoms with van der Waals surface area (Å²) in [7, 11) is 3.46. The molecule has 1 aromatic carbocycles. The Labute approximate surface area is 129 Å². The Bertz CT molecular complexity index is 481. The van der Waals surface area contributed by atoms with Gasteiger partial charge in [0.2, 0.25) is 0 Å². The van der Waals surface area contributed by atoms with Crippen molar-refractivity contribution in [3.05, 3.63) is 34.9 Å². The van der Waals surface area contributed by atoms with Crippen molar-refractivity contribution in [1.82, 2.24) is 10.2 Å². The van der Waals surface area contributed by atoms with Crippen LogP contribution in [0, 0.1) is 0 Å². The minimum Gasteiger partial charge on any atom is -0.390 e. The van der Waals surface area contributed by atoms with Crippen molar-refractivity contribution in [2.75, 3.05) is 27.2 Å². The Morgan fingerprint density at radius 2 is 1.48 bits per heavy atom. The number of aliphatic hydroxyl groups excluding tert-OH is 1. The van der Waals surface area contributed by atoms with Gasteiger partial charge in [-0.1, -0.05) is 0 Å². The van der Waals surface area contributed by atoms with Gasteiger partial charge in [-0.3, -0.25) is 0 Å². The van der Waals surface area contributed by atoms with Crippen molar-refractivity contribution in [2.45, 2.75) is 25.0 Å². The first-order valence-corrected chi connectivity index (χ1v) is 6.71. The van der Waals surface area contributed by atoms with Gasteiger partial charge in [0, 0.05) is 19.6 Å². The maximum atomic E-state index is 12.7. The van der Waals surface area contributed by atoms with Gasteiger partial charge in [0.1, 0.15) is 0 Å². The summed E-state index contributed by atoms with van der Waals surface area (Å²) >= 11 is 0. The van der Waals surface area contributed by atoms with Crippen molar-refractivity contribution < 1.29 is 31.4 Å². The van der Waals surface area contributed by atoms with Gasteiger partial charge in [0.05, 0.1) is 17.2 Å². The van der Waals surface area contributed by atoms with E-state index < -0.39 is 29.6 Å². The maximum absolute atomic E-state index is 12.7. The van der Waals surface area contributed by atoms with Crippen LogP contribution in [0.5, 0.6) is 0 Å². The van der Waals surface area contributed by atoms with Crippen LogP contribution in [-0.2, 0) is 18.9 Å². The van der Waals surface area contributed by atoms with E-state index in [9.17, 15) is 31.4 Å². The number of halogens is 6. The summed E-state index contributed by atoms with van der Waals surface area (Å²) in [5, 5.41) is 12.3. The number of aliphatic hydroxyl groups is 1. The van der Waals surface area contributed by atoms with Gasteiger partial charge in [-0.25, -0.2) is 0 Å². The summed E-state index contributed by atoms with van der Waals surface area (Å²) in [6, 6.07) is 1.42. The number of rotatable bonds is 6. The molecule has 1 atom stereocenters. The van der Waals surface area contributed by atoms with Gasteiger partial charge in [-0.15, -0.1) is 0 Å². The van der Waals surface area contributed by atoms with E-state index >= 15 is 0 Å². The first-order valence-electron chi connectivity index (χ1n) is 6.71. The minimum atomic E-state index is -4.86. The molecular weight excluding hydrogens is 326 g/mol. The molecule has 0 radical (unpaired) electrons. The molecule has 1 aromatic rings. The fraction of sp³-hybridized carbons (Fsp3) is 0.571. The lowest BCUT2D eigenvalue weighted by atomic mass is 10.0. The van der Waals surface area contributed by atoms with Crippen molar-refractivity contribution >= 4 is 0 Å². The van der Waals surface area contributed by atoms with E-state index in [1.54, 1.807) is 19.0 Å². The molecule has 0 spiro atoms. The zero-order valence-corrected chi connectivity index (χ0v) is 12.6. The highest BCUT2D eigenvalue weighted by molar-refractivity contribution is 5.33. The summed E-state index contributed by atoms with van der Waals surface area (Å²) in [5.41, 5.74) is -2.85. The number of alkyl halides is 6. The molecule has 0 aliphatic rings. The topological polar surface area (TPSA) is 35.5 Å². The van der Waals surface area contributed by atoms with Gasteiger partial charge in [0.15, 0.2) is 0 Å². The standard InChI is InChI=1S/C14H18F6N2O/c1-22(2)8-12(23)7-21-6-9-3-10(13(15,16)17)5-11(4-9)14(18,19)20/h3-5,12,21,23H,6-8H2,1-2H3. The lowest BCUT2D eigenvalue weighted by Crippen LogP contribution is -2.34. The Kier molecular flexibility index (Phi) is 6.43.